The molecule has 2 aromatic heterocycles. The van der Waals surface area contributed by atoms with Crippen LogP contribution in [0.4, 0.5) is 26.4 Å². The minimum atomic E-state index is -0.731. The first-order chi connectivity index (χ1) is 16.9. The van der Waals surface area contributed by atoms with Gasteiger partial charge in [0.25, 0.3) is 0 Å². The summed E-state index contributed by atoms with van der Waals surface area (Å²) in [6.07, 6.45) is 7.01. The van der Waals surface area contributed by atoms with E-state index in [-0.39, 0.29) is 41.6 Å². The Bertz CT molecular complexity index is 1210. The van der Waals surface area contributed by atoms with Crippen LogP contribution < -0.4 is 16.4 Å². The first kappa shape index (κ1) is 23.4. The molecule has 0 unspecified atom stereocenters. The summed E-state index contributed by atoms with van der Waals surface area (Å²) in [6, 6.07) is 3.62. The van der Waals surface area contributed by atoms with E-state index in [1.54, 1.807) is 6.20 Å². The number of nitrogens with one attached hydrogen (secondary N) is 2. The molecule has 11 heteroatoms. The molecule has 35 heavy (non-hydrogen) atoms. The molecular weight excluding hydrogens is 456 g/mol. The number of primary amides is 1. The number of nitrogens with zero attached hydrogens (tertiary/aromatic N) is 4. The standard InChI is InChI=1S/C24H29F2N7O2/c25-17-5-2-6-18(26)20(17)31-24-30-19-12-28-23(29-14-3-1-4-16(34)11-14)32-22(19)33(24)15-9-7-13(8-10-15)21(27)35/h2,5-6,12-16,34H,1,3-4,7-11H2,(H2,27,35)(H,30,31)(H,28,29,32)/t13-,14-,15-,16-/m1/s1. The van der Waals surface area contributed by atoms with Crippen molar-refractivity contribution in [1.82, 2.24) is 19.5 Å². The number of aliphatic hydroxyl groups is 1. The van der Waals surface area contributed by atoms with Gasteiger partial charge in [-0.2, -0.15) is 4.98 Å². The van der Waals surface area contributed by atoms with E-state index in [9.17, 15) is 18.7 Å². The van der Waals surface area contributed by atoms with Crippen LogP contribution in [-0.2, 0) is 4.79 Å². The van der Waals surface area contributed by atoms with Crippen molar-refractivity contribution in [2.24, 2.45) is 11.7 Å². The van der Waals surface area contributed by atoms with Gasteiger partial charge in [0.2, 0.25) is 17.8 Å². The maximum atomic E-state index is 14.4. The van der Waals surface area contributed by atoms with E-state index >= 15 is 0 Å². The molecule has 1 amide bonds. The van der Waals surface area contributed by atoms with Crippen molar-refractivity contribution in [3.63, 3.8) is 0 Å². The fourth-order valence-electron chi connectivity index (χ4n) is 5.22. The summed E-state index contributed by atoms with van der Waals surface area (Å²) < 4.78 is 30.7. The zero-order valence-corrected chi connectivity index (χ0v) is 19.3. The number of carbonyl (C=O) groups excluding carboxylic acids is 1. The minimum absolute atomic E-state index is 0.0590. The van der Waals surface area contributed by atoms with E-state index in [0.717, 1.165) is 19.3 Å². The van der Waals surface area contributed by atoms with E-state index in [1.807, 2.05) is 4.57 Å². The molecule has 0 bridgehead atoms. The highest BCUT2D eigenvalue weighted by molar-refractivity contribution is 5.78. The number of nitrogens with two attached hydrogens (primary N) is 1. The summed E-state index contributed by atoms with van der Waals surface area (Å²) in [5, 5.41) is 16.1. The third-order valence-corrected chi connectivity index (χ3v) is 7.08. The largest absolute Gasteiger partial charge is 0.393 e. The molecule has 0 saturated heterocycles. The molecule has 3 aromatic rings. The maximum absolute atomic E-state index is 14.4. The molecular formula is C24H29F2N7O2. The van der Waals surface area contributed by atoms with E-state index in [0.29, 0.717) is 49.2 Å². The predicted octanol–water partition coefficient (Wildman–Crippen LogP) is 3.78. The summed E-state index contributed by atoms with van der Waals surface area (Å²) in [4.78, 5) is 25.3. The smallest absolute Gasteiger partial charge is 0.224 e. The van der Waals surface area contributed by atoms with Gasteiger partial charge in [0, 0.05) is 18.0 Å². The highest BCUT2D eigenvalue weighted by Crippen LogP contribution is 2.37. The van der Waals surface area contributed by atoms with E-state index in [1.165, 1.54) is 18.2 Å². The fraction of sp³-hybridized carbons (Fsp3) is 0.500. The van der Waals surface area contributed by atoms with Gasteiger partial charge < -0.3 is 21.5 Å². The van der Waals surface area contributed by atoms with Gasteiger partial charge in [-0.25, -0.2) is 18.7 Å². The fourth-order valence-corrected chi connectivity index (χ4v) is 5.22. The van der Waals surface area contributed by atoms with Crippen molar-refractivity contribution in [3.05, 3.63) is 36.0 Å². The number of carbonyl (C=O) groups is 1. The molecule has 2 heterocycles. The van der Waals surface area contributed by atoms with Gasteiger partial charge in [0.05, 0.1) is 12.3 Å². The molecule has 9 nitrogen and oxygen atoms in total. The lowest BCUT2D eigenvalue weighted by Gasteiger charge is -2.29. The van der Waals surface area contributed by atoms with Crippen molar-refractivity contribution >= 4 is 34.7 Å². The Labute approximate surface area is 201 Å². The summed E-state index contributed by atoms with van der Waals surface area (Å²) in [5.41, 5.74) is 6.22. The van der Waals surface area contributed by atoms with Crippen molar-refractivity contribution in [1.29, 1.82) is 0 Å². The molecule has 2 fully saturated rings. The average Bonchev–Trinajstić information content (AvgIpc) is 3.19. The molecule has 0 aliphatic heterocycles. The molecule has 5 rings (SSSR count). The molecule has 0 spiro atoms. The zero-order chi connectivity index (χ0) is 24.5. The number of amides is 1. The lowest BCUT2D eigenvalue weighted by Crippen LogP contribution is -2.30. The topological polar surface area (TPSA) is 131 Å². The monoisotopic (exact) mass is 485 g/mol. The van der Waals surface area contributed by atoms with Crippen LogP contribution >= 0.6 is 0 Å². The van der Waals surface area contributed by atoms with Gasteiger partial charge in [0.15, 0.2) is 5.65 Å². The van der Waals surface area contributed by atoms with Crippen LogP contribution in [0, 0.1) is 17.6 Å². The summed E-state index contributed by atoms with van der Waals surface area (Å²) in [7, 11) is 0. The number of anilines is 3. The molecule has 1 aromatic carbocycles. The number of imidazole rings is 1. The maximum Gasteiger partial charge on any atom is 0.224 e. The minimum Gasteiger partial charge on any atom is -0.393 e. The van der Waals surface area contributed by atoms with E-state index in [4.69, 9.17) is 10.7 Å². The van der Waals surface area contributed by atoms with Crippen LogP contribution in [0.5, 0.6) is 0 Å². The number of fused-ring (bicyclic) bond motifs is 1. The van der Waals surface area contributed by atoms with Crippen molar-refractivity contribution < 1.29 is 18.7 Å². The molecule has 2 atom stereocenters. The van der Waals surface area contributed by atoms with E-state index in [2.05, 4.69) is 20.6 Å². The molecule has 5 N–H and O–H groups in total. The highest BCUT2D eigenvalue weighted by atomic mass is 19.1. The second-order valence-corrected chi connectivity index (χ2v) is 9.50. The van der Waals surface area contributed by atoms with Crippen molar-refractivity contribution in [2.75, 3.05) is 10.6 Å². The number of para-hydroxylation sites is 1. The lowest BCUT2D eigenvalue weighted by molar-refractivity contribution is -0.122. The summed E-state index contributed by atoms with van der Waals surface area (Å²) in [5.74, 6) is -1.30. The average molecular weight is 486 g/mol. The number of hydrogen-bond acceptors (Lipinski definition) is 7. The normalized spacial score (nSPS) is 24.9. The molecule has 2 aliphatic carbocycles. The number of halogens is 2. The number of aromatic nitrogens is 4. The molecule has 2 saturated carbocycles. The first-order valence-corrected chi connectivity index (χ1v) is 12.1. The Morgan fingerprint density at radius 2 is 1.83 bits per heavy atom. The van der Waals surface area contributed by atoms with Crippen LogP contribution in [0.1, 0.15) is 57.4 Å². The first-order valence-electron chi connectivity index (χ1n) is 12.1. The third-order valence-electron chi connectivity index (χ3n) is 7.08. The van der Waals surface area contributed by atoms with Gasteiger partial charge >= 0.3 is 0 Å². The number of hydrogen-bond donors (Lipinski definition) is 4. The van der Waals surface area contributed by atoms with Crippen LogP contribution in [0.15, 0.2) is 24.4 Å². The number of rotatable bonds is 6. The van der Waals surface area contributed by atoms with Crippen LogP contribution in [0.3, 0.4) is 0 Å². The van der Waals surface area contributed by atoms with Crippen LogP contribution in [-0.4, -0.2) is 42.7 Å². The SMILES string of the molecule is NC(=O)[C@H]1CC[C@H](n2c(Nc3c(F)cccc3F)nc3cnc(N[C@@H]4CCC[C@@H](O)C4)nc32)CC1. The number of aliphatic hydroxyl groups excluding tert-OH is 1. The van der Waals surface area contributed by atoms with E-state index < -0.39 is 11.6 Å². The second-order valence-electron chi connectivity index (χ2n) is 9.50. The predicted molar refractivity (Wildman–Crippen MR) is 127 cm³/mol. The van der Waals surface area contributed by atoms with Gasteiger partial charge in [-0.3, -0.25) is 9.36 Å². The third kappa shape index (κ3) is 4.90. The van der Waals surface area contributed by atoms with Crippen LogP contribution in [0.25, 0.3) is 11.2 Å². The number of benzene rings is 1. The summed E-state index contributed by atoms with van der Waals surface area (Å²) >= 11 is 0. The zero-order valence-electron chi connectivity index (χ0n) is 19.3. The molecule has 0 radical (unpaired) electrons. The van der Waals surface area contributed by atoms with Gasteiger partial charge in [-0.1, -0.05) is 6.07 Å². The van der Waals surface area contributed by atoms with Gasteiger partial charge in [0.1, 0.15) is 22.8 Å². The Morgan fingerprint density at radius 3 is 2.51 bits per heavy atom. The lowest BCUT2D eigenvalue weighted by atomic mass is 9.85. The molecule has 2 aliphatic rings. The molecule has 186 valence electrons. The second kappa shape index (κ2) is 9.73. The van der Waals surface area contributed by atoms with Crippen molar-refractivity contribution in [2.45, 2.75) is 69.6 Å². The van der Waals surface area contributed by atoms with Crippen molar-refractivity contribution in [3.8, 4) is 0 Å². The van der Waals surface area contributed by atoms with Gasteiger partial charge in [-0.15, -0.1) is 0 Å². The van der Waals surface area contributed by atoms with Crippen LogP contribution in [0.2, 0.25) is 0 Å². The Hall–Kier alpha value is -3.34. The Kier molecular flexibility index (Phi) is 6.50. The summed E-state index contributed by atoms with van der Waals surface area (Å²) in [6.45, 7) is 0. The van der Waals surface area contributed by atoms with Gasteiger partial charge in [-0.05, 0) is 63.5 Å². The Morgan fingerprint density at radius 1 is 1.09 bits per heavy atom. The highest BCUT2D eigenvalue weighted by Gasteiger charge is 2.30. The Balaban J connectivity index is 1.51. The quantitative estimate of drug-likeness (QED) is 0.418.